The van der Waals surface area contributed by atoms with E-state index >= 15 is 0 Å². The summed E-state index contributed by atoms with van der Waals surface area (Å²) >= 11 is 6.45. The molecular weight excluding hydrogens is 508 g/mol. The molecule has 0 unspecified atom stereocenters. The fourth-order valence-electron chi connectivity index (χ4n) is 5.19. The fourth-order valence-corrected chi connectivity index (χ4v) is 5.39. The summed E-state index contributed by atoms with van der Waals surface area (Å²) in [4.78, 5) is 31.0. The minimum absolute atomic E-state index is 0.000591. The highest BCUT2D eigenvalue weighted by molar-refractivity contribution is 6.31. The largest absolute Gasteiger partial charge is 0.345 e. The van der Waals surface area contributed by atoms with Gasteiger partial charge in [-0.05, 0) is 61.1 Å². The molecule has 6 nitrogen and oxygen atoms in total. The van der Waals surface area contributed by atoms with Crippen LogP contribution in [0.1, 0.15) is 63.6 Å². The van der Waals surface area contributed by atoms with E-state index < -0.39 is 0 Å². The van der Waals surface area contributed by atoms with Gasteiger partial charge in [-0.15, -0.1) is 0 Å². The third-order valence-corrected chi connectivity index (χ3v) is 7.87. The highest BCUT2D eigenvalue weighted by Crippen LogP contribution is 2.26. The number of anilines is 1. The maximum atomic E-state index is 14.0. The minimum Gasteiger partial charge on any atom is -0.345 e. The SMILES string of the molecule is CC(C)CCN(CC(=O)N(Cc1cccn1Cc1ccccc1Cl)C1CCCCC1)C(=O)Nc1ccccc1. The van der Waals surface area contributed by atoms with Crippen LogP contribution in [0.15, 0.2) is 72.9 Å². The maximum Gasteiger partial charge on any atom is 0.322 e. The molecule has 1 fully saturated rings. The third-order valence-electron chi connectivity index (χ3n) is 7.50. The van der Waals surface area contributed by atoms with Crippen molar-refractivity contribution in [2.45, 2.75) is 71.5 Å². The van der Waals surface area contributed by atoms with Gasteiger partial charge in [0, 0.05) is 41.7 Å². The molecule has 1 N–H and O–H groups in total. The number of nitrogens with one attached hydrogen (secondary N) is 1. The van der Waals surface area contributed by atoms with E-state index in [2.05, 4.69) is 29.8 Å². The Morgan fingerprint density at radius 3 is 2.41 bits per heavy atom. The molecule has 0 atom stereocenters. The van der Waals surface area contributed by atoms with Gasteiger partial charge >= 0.3 is 6.03 Å². The lowest BCUT2D eigenvalue weighted by Gasteiger charge is -2.36. The first-order valence-corrected chi connectivity index (χ1v) is 14.6. The number of amides is 3. The molecule has 39 heavy (non-hydrogen) atoms. The fraction of sp³-hybridized carbons (Fsp3) is 0.438. The number of benzene rings is 2. The summed E-state index contributed by atoms with van der Waals surface area (Å²) in [5.74, 6) is 0.425. The van der Waals surface area contributed by atoms with Crippen molar-refractivity contribution in [3.05, 3.63) is 89.2 Å². The first kappa shape index (κ1) is 28.8. The van der Waals surface area contributed by atoms with Gasteiger partial charge in [-0.3, -0.25) is 4.79 Å². The van der Waals surface area contributed by atoms with Crippen LogP contribution < -0.4 is 5.32 Å². The molecule has 0 radical (unpaired) electrons. The van der Waals surface area contributed by atoms with Gasteiger partial charge < -0.3 is 19.7 Å². The zero-order valence-corrected chi connectivity index (χ0v) is 23.9. The maximum absolute atomic E-state index is 14.0. The standard InChI is InChI=1S/C32H41ClN4O2/c1-25(2)19-21-36(32(39)34-27-13-5-3-6-14-27)24-31(38)37(28-15-7-4-8-16-28)23-29-17-11-20-35(29)22-26-12-9-10-18-30(26)33/h3,5-6,9-14,17-18,20,25,28H,4,7-8,15-16,19,21-24H2,1-2H3,(H,34,39). The number of carbonyl (C=O) groups excluding carboxylic acids is 2. The van der Waals surface area contributed by atoms with E-state index in [0.29, 0.717) is 25.6 Å². The number of aromatic nitrogens is 1. The van der Waals surface area contributed by atoms with Crippen LogP contribution in [0.2, 0.25) is 5.02 Å². The van der Waals surface area contributed by atoms with Gasteiger partial charge in [0.25, 0.3) is 0 Å². The summed E-state index contributed by atoms with van der Waals surface area (Å²) in [6, 6.07) is 21.3. The lowest BCUT2D eigenvalue weighted by molar-refractivity contribution is -0.135. The van der Waals surface area contributed by atoms with Crippen molar-refractivity contribution in [2.75, 3.05) is 18.4 Å². The van der Waals surface area contributed by atoms with Crippen molar-refractivity contribution in [3.63, 3.8) is 0 Å². The average molecular weight is 549 g/mol. The molecule has 4 rings (SSSR count). The van der Waals surface area contributed by atoms with E-state index in [4.69, 9.17) is 11.6 Å². The summed E-state index contributed by atoms with van der Waals surface area (Å²) in [5.41, 5.74) is 2.84. The van der Waals surface area contributed by atoms with Gasteiger partial charge in [-0.2, -0.15) is 0 Å². The molecule has 1 aliphatic rings. The van der Waals surface area contributed by atoms with Crippen molar-refractivity contribution < 1.29 is 9.59 Å². The molecule has 208 valence electrons. The number of carbonyl (C=O) groups is 2. The minimum atomic E-state index is -0.235. The average Bonchev–Trinajstić information content (AvgIpc) is 3.38. The second-order valence-electron chi connectivity index (χ2n) is 10.9. The van der Waals surface area contributed by atoms with E-state index in [0.717, 1.165) is 54.1 Å². The van der Waals surface area contributed by atoms with E-state index in [1.807, 2.05) is 71.8 Å². The van der Waals surface area contributed by atoms with Crippen molar-refractivity contribution in [2.24, 2.45) is 5.92 Å². The number of hydrogen-bond acceptors (Lipinski definition) is 2. The Morgan fingerprint density at radius 1 is 0.974 bits per heavy atom. The van der Waals surface area contributed by atoms with E-state index in [1.54, 1.807) is 4.90 Å². The van der Waals surface area contributed by atoms with Crippen LogP contribution in [-0.2, 0) is 17.9 Å². The van der Waals surface area contributed by atoms with Gasteiger partial charge in [-0.25, -0.2) is 4.79 Å². The Balaban J connectivity index is 1.52. The van der Waals surface area contributed by atoms with E-state index in [-0.39, 0.29) is 24.5 Å². The smallest absolute Gasteiger partial charge is 0.322 e. The molecule has 1 heterocycles. The normalized spacial score (nSPS) is 13.8. The summed E-state index contributed by atoms with van der Waals surface area (Å²) in [6.07, 6.45) is 8.34. The Bertz CT molecular complexity index is 1200. The van der Waals surface area contributed by atoms with Crippen molar-refractivity contribution in [1.82, 2.24) is 14.4 Å². The van der Waals surface area contributed by atoms with Crippen molar-refractivity contribution in [1.29, 1.82) is 0 Å². The summed E-state index contributed by atoms with van der Waals surface area (Å²) in [6.45, 7) is 6.03. The van der Waals surface area contributed by atoms with Crippen molar-refractivity contribution in [3.8, 4) is 0 Å². The second kappa shape index (κ2) is 14.2. The van der Waals surface area contributed by atoms with Crippen LogP contribution in [0.3, 0.4) is 0 Å². The Hall–Kier alpha value is -3.25. The van der Waals surface area contributed by atoms with Crippen LogP contribution in [0.5, 0.6) is 0 Å². The molecule has 1 saturated carbocycles. The van der Waals surface area contributed by atoms with Gasteiger partial charge in [0.1, 0.15) is 6.54 Å². The van der Waals surface area contributed by atoms with Crippen LogP contribution >= 0.6 is 11.6 Å². The summed E-state index contributed by atoms with van der Waals surface area (Å²) in [5, 5.41) is 3.71. The van der Waals surface area contributed by atoms with Gasteiger partial charge in [0.15, 0.2) is 0 Å². The molecule has 3 aromatic rings. The number of hydrogen-bond donors (Lipinski definition) is 1. The lowest BCUT2D eigenvalue weighted by Crippen LogP contribution is -2.48. The highest BCUT2D eigenvalue weighted by atomic mass is 35.5. The number of halogens is 1. The second-order valence-corrected chi connectivity index (χ2v) is 11.3. The molecule has 0 bridgehead atoms. The van der Waals surface area contributed by atoms with Crippen LogP contribution in [0, 0.1) is 5.92 Å². The molecule has 3 amide bonds. The molecule has 1 aromatic heterocycles. The molecule has 1 aliphatic carbocycles. The number of para-hydroxylation sites is 1. The monoisotopic (exact) mass is 548 g/mol. The summed E-state index contributed by atoms with van der Waals surface area (Å²) in [7, 11) is 0. The van der Waals surface area contributed by atoms with Crippen molar-refractivity contribution >= 4 is 29.2 Å². The third kappa shape index (κ3) is 8.37. The Kier molecular flexibility index (Phi) is 10.5. The first-order valence-electron chi connectivity index (χ1n) is 14.2. The quantitative estimate of drug-likeness (QED) is 0.271. The molecule has 0 saturated heterocycles. The number of nitrogens with zero attached hydrogens (tertiary/aromatic N) is 3. The number of rotatable bonds is 11. The molecule has 7 heteroatoms. The molecule has 2 aromatic carbocycles. The first-order chi connectivity index (χ1) is 18.9. The molecule has 0 aliphatic heterocycles. The Morgan fingerprint density at radius 2 is 1.69 bits per heavy atom. The number of urea groups is 1. The lowest BCUT2D eigenvalue weighted by atomic mass is 9.94. The molecule has 0 spiro atoms. The zero-order chi connectivity index (χ0) is 27.6. The summed E-state index contributed by atoms with van der Waals surface area (Å²) < 4.78 is 2.17. The molecular formula is C32H41ClN4O2. The van der Waals surface area contributed by atoms with E-state index in [1.165, 1.54) is 6.42 Å². The van der Waals surface area contributed by atoms with Gasteiger partial charge in [-0.1, -0.05) is 81.1 Å². The predicted octanol–water partition coefficient (Wildman–Crippen LogP) is 7.43. The Labute approximate surface area is 237 Å². The zero-order valence-electron chi connectivity index (χ0n) is 23.2. The van der Waals surface area contributed by atoms with Crippen LogP contribution in [-0.4, -0.2) is 45.4 Å². The van der Waals surface area contributed by atoms with Crippen LogP contribution in [0.4, 0.5) is 10.5 Å². The highest BCUT2D eigenvalue weighted by Gasteiger charge is 2.29. The van der Waals surface area contributed by atoms with Crippen LogP contribution in [0.25, 0.3) is 0 Å². The van der Waals surface area contributed by atoms with Gasteiger partial charge in [0.05, 0.1) is 6.54 Å². The van der Waals surface area contributed by atoms with Gasteiger partial charge in [0.2, 0.25) is 5.91 Å². The predicted molar refractivity (Wildman–Crippen MR) is 159 cm³/mol. The van der Waals surface area contributed by atoms with E-state index in [9.17, 15) is 9.59 Å². The topological polar surface area (TPSA) is 57.6 Å².